The molecule has 5 heteroatoms. The number of nitrogens with zero attached hydrogens (tertiary/aromatic N) is 3. The van der Waals surface area contributed by atoms with Crippen LogP contribution in [0, 0.1) is 5.92 Å². The van der Waals surface area contributed by atoms with Gasteiger partial charge in [0, 0.05) is 39.3 Å². The lowest BCUT2D eigenvalue weighted by atomic mass is 9.98. The van der Waals surface area contributed by atoms with Crippen LogP contribution in [0.1, 0.15) is 20.3 Å². The van der Waals surface area contributed by atoms with Gasteiger partial charge in [-0.1, -0.05) is 20.3 Å². The Morgan fingerprint density at radius 1 is 1.26 bits per heavy atom. The number of likely N-dealkylation sites (N-methyl/N-ethyl adjacent to an activating group) is 1. The fraction of sp³-hybridized carbons (Fsp3) is 0.929. The van der Waals surface area contributed by atoms with Gasteiger partial charge in [0.1, 0.15) is 0 Å². The van der Waals surface area contributed by atoms with E-state index < -0.39 is 0 Å². The summed E-state index contributed by atoms with van der Waals surface area (Å²) in [5.74, 6) is 0.390. The van der Waals surface area contributed by atoms with Crippen LogP contribution < -0.4 is 5.73 Å². The average molecular weight is 270 g/mol. The highest BCUT2D eigenvalue weighted by atomic mass is 16.2. The Balaban J connectivity index is 2.35. The van der Waals surface area contributed by atoms with Crippen molar-refractivity contribution >= 4 is 5.91 Å². The van der Waals surface area contributed by atoms with Gasteiger partial charge < -0.3 is 15.5 Å². The summed E-state index contributed by atoms with van der Waals surface area (Å²) in [5.41, 5.74) is 6.02. The Labute approximate surface area is 117 Å². The molecule has 2 atom stereocenters. The van der Waals surface area contributed by atoms with Gasteiger partial charge in [0.25, 0.3) is 0 Å². The smallest absolute Gasteiger partial charge is 0.239 e. The topological polar surface area (TPSA) is 52.8 Å². The van der Waals surface area contributed by atoms with E-state index in [4.69, 9.17) is 5.73 Å². The summed E-state index contributed by atoms with van der Waals surface area (Å²) in [6.07, 6.45) is 0.954. The highest BCUT2D eigenvalue weighted by molar-refractivity contribution is 5.82. The molecule has 0 radical (unpaired) electrons. The van der Waals surface area contributed by atoms with Crippen LogP contribution in [-0.2, 0) is 4.79 Å². The Morgan fingerprint density at radius 3 is 2.32 bits per heavy atom. The summed E-state index contributed by atoms with van der Waals surface area (Å²) in [5, 5.41) is 0. The minimum Gasteiger partial charge on any atom is -0.339 e. The zero-order chi connectivity index (χ0) is 14.4. The van der Waals surface area contributed by atoms with E-state index in [0.29, 0.717) is 0 Å². The van der Waals surface area contributed by atoms with Crippen molar-refractivity contribution in [2.24, 2.45) is 11.7 Å². The normalized spacial score (nSPS) is 20.6. The van der Waals surface area contributed by atoms with Crippen molar-refractivity contribution in [3.63, 3.8) is 0 Å². The second-order valence-corrected chi connectivity index (χ2v) is 5.88. The van der Waals surface area contributed by atoms with Crippen LogP contribution in [0.2, 0.25) is 0 Å². The molecule has 1 amide bonds. The molecular weight excluding hydrogens is 240 g/mol. The van der Waals surface area contributed by atoms with Crippen molar-refractivity contribution < 1.29 is 4.79 Å². The number of carbonyl (C=O) groups is 1. The van der Waals surface area contributed by atoms with E-state index in [2.05, 4.69) is 37.7 Å². The molecule has 1 heterocycles. The highest BCUT2D eigenvalue weighted by Crippen LogP contribution is 2.10. The molecule has 0 aromatic carbocycles. The maximum absolute atomic E-state index is 12.2. The van der Waals surface area contributed by atoms with E-state index >= 15 is 0 Å². The first-order chi connectivity index (χ1) is 8.95. The van der Waals surface area contributed by atoms with Crippen molar-refractivity contribution in [1.82, 2.24) is 14.7 Å². The Kier molecular flexibility index (Phi) is 6.75. The van der Waals surface area contributed by atoms with Gasteiger partial charge in [0.2, 0.25) is 5.91 Å². The molecule has 1 rings (SSSR count). The third kappa shape index (κ3) is 5.09. The molecule has 0 saturated carbocycles. The van der Waals surface area contributed by atoms with Gasteiger partial charge >= 0.3 is 0 Å². The summed E-state index contributed by atoms with van der Waals surface area (Å²) in [6.45, 7) is 9.84. The molecule has 1 aliphatic rings. The summed E-state index contributed by atoms with van der Waals surface area (Å²) >= 11 is 0. The molecule has 5 nitrogen and oxygen atoms in total. The van der Waals surface area contributed by atoms with E-state index in [1.54, 1.807) is 0 Å². The number of carbonyl (C=O) groups excluding carboxylic acids is 1. The lowest BCUT2D eigenvalue weighted by Gasteiger charge is -2.37. The molecule has 0 aromatic rings. The molecule has 0 bridgehead atoms. The lowest BCUT2D eigenvalue weighted by Crippen LogP contribution is -2.55. The maximum atomic E-state index is 12.2. The maximum Gasteiger partial charge on any atom is 0.239 e. The van der Waals surface area contributed by atoms with Crippen LogP contribution in [0.4, 0.5) is 0 Å². The second kappa shape index (κ2) is 7.82. The predicted molar refractivity (Wildman–Crippen MR) is 79.0 cm³/mol. The van der Waals surface area contributed by atoms with Crippen molar-refractivity contribution in [1.29, 1.82) is 0 Å². The monoisotopic (exact) mass is 270 g/mol. The van der Waals surface area contributed by atoms with Gasteiger partial charge in [-0.15, -0.1) is 0 Å². The Hall–Kier alpha value is -0.650. The van der Waals surface area contributed by atoms with Crippen molar-refractivity contribution in [2.75, 3.05) is 53.4 Å². The van der Waals surface area contributed by atoms with Crippen LogP contribution in [0.5, 0.6) is 0 Å². The number of nitrogens with two attached hydrogens (primary N) is 1. The second-order valence-electron chi connectivity index (χ2n) is 5.88. The lowest BCUT2D eigenvalue weighted by molar-refractivity contribution is -0.135. The predicted octanol–water partition coefficient (Wildman–Crippen LogP) is 0.0656. The molecule has 0 aliphatic carbocycles. The average Bonchev–Trinajstić information content (AvgIpc) is 2.43. The highest BCUT2D eigenvalue weighted by Gasteiger charge is 2.27. The SMILES string of the molecule is CC[C@H](C)[C@H](N)C(=O)N1CCN(CCN(C)C)CC1. The minimum atomic E-state index is -0.335. The molecule has 2 N–H and O–H groups in total. The third-order valence-corrected chi connectivity index (χ3v) is 4.09. The first kappa shape index (κ1) is 16.4. The number of hydrogen-bond acceptors (Lipinski definition) is 4. The van der Waals surface area contributed by atoms with Crippen LogP contribution in [0.25, 0.3) is 0 Å². The number of rotatable bonds is 6. The van der Waals surface area contributed by atoms with Crippen LogP contribution >= 0.6 is 0 Å². The van der Waals surface area contributed by atoms with E-state index in [1.165, 1.54) is 0 Å². The molecule has 1 saturated heterocycles. The van der Waals surface area contributed by atoms with Gasteiger partial charge in [-0.3, -0.25) is 9.69 Å². The van der Waals surface area contributed by atoms with E-state index in [-0.39, 0.29) is 17.9 Å². The van der Waals surface area contributed by atoms with E-state index in [0.717, 1.165) is 45.7 Å². The summed E-state index contributed by atoms with van der Waals surface area (Å²) in [6, 6.07) is -0.335. The first-order valence-electron chi connectivity index (χ1n) is 7.37. The third-order valence-electron chi connectivity index (χ3n) is 4.09. The minimum absolute atomic E-state index is 0.126. The van der Waals surface area contributed by atoms with Gasteiger partial charge in [-0.05, 0) is 20.0 Å². The van der Waals surface area contributed by atoms with Crippen LogP contribution in [-0.4, -0.2) is 80.0 Å². The molecule has 1 fully saturated rings. The zero-order valence-corrected chi connectivity index (χ0v) is 12.9. The number of piperazine rings is 1. The molecular formula is C14H30N4O. The first-order valence-corrected chi connectivity index (χ1v) is 7.37. The van der Waals surface area contributed by atoms with E-state index in [9.17, 15) is 4.79 Å². The molecule has 0 spiro atoms. The van der Waals surface area contributed by atoms with Crippen LogP contribution in [0.15, 0.2) is 0 Å². The molecule has 0 unspecified atom stereocenters. The number of hydrogen-bond donors (Lipinski definition) is 1. The molecule has 0 aromatic heterocycles. The summed E-state index contributed by atoms with van der Waals surface area (Å²) in [4.78, 5) is 18.8. The van der Waals surface area contributed by atoms with Crippen molar-refractivity contribution in [3.8, 4) is 0 Å². The van der Waals surface area contributed by atoms with Gasteiger partial charge in [-0.25, -0.2) is 0 Å². The Bertz CT molecular complexity index is 275. The van der Waals surface area contributed by atoms with E-state index in [1.807, 2.05) is 4.90 Å². The van der Waals surface area contributed by atoms with Crippen molar-refractivity contribution in [3.05, 3.63) is 0 Å². The Morgan fingerprint density at radius 2 is 1.84 bits per heavy atom. The van der Waals surface area contributed by atoms with Gasteiger partial charge in [-0.2, -0.15) is 0 Å². The fourth-order valence-electron chi connectivity index (χ4n) is 2.24. The van der Waals surface area contributed by atoms with Gasteiger partial charge in [0.15, 0.2) is 0 Å². The standard InChI is InChI=1S/C14H30N4O/c1-5-12(2)13(15)14(19)18-10-8-17(9-11-18)7-6-16(3)4/h12-13H,5-11,15H2,1-4H3/t12-,13-/m0/s1. The molecule has 19 heavy (non-hydrogen) atoms. The molecule has 1 aliphatic heterocycles. The summed E-state index contributed by atoms with van der Waals surface area (Å²) < 4.78 is 0. The van der Waals surface area contributed by atoms with Crippen molar-refractivity contribution in [2.45, 2.75) is 26.3 Å². The van der Waals surface area contributed by atoms with Gasteiger partial charge in [0.05, 0.1) is 6.04 Å². The summed E-state index contributed by atoms with van der Waals surface area (Å²) in [7, 11) is 4.18. The molecule has 112 valence electrons. The fourth-order valence-corrected chi connectivity index (χ4v) is 2.24. The largest absolute Gasteiger partial charge is 0.339 e. The quantitative estimate of drug-likeness (QED) is 0.742. The zero-order valence-electron chi connectivity index (χ0n) is 12.9. The number of amides is 1. The van der Waals surface area contributed by atoms with Crippen LogP contribution in [0.3, 0.4) is 0 Å².